The molecule has 0 unspecified atom stereocenters. The van der Waals surface area contributed by atoms with Gasteiger partial charge in [-0.15, -0.1) is 0 Å². The number of rotatable bonds is 3. The van der Waals surface area contributed by atoms with Gasteiger partial charge in [0.25, 0.3) is 5.69 Å². The molecule has 1 heterocycles. The monoisotopic (exact) mass is 279 g/mol. The molecule has 3 rings (SSSR count). The first-order chi connectivity index (χ1) is 8.91. The Kier molecular flexibility index (Phi) is 3.29. The van der Waals surface area contributed by atoms with Crippen LogP contribution < -0.4 is 9.91 Å². The molecule has 0 amide bonds. The molecule has 0 saturated heterocycles. The number of benzene rings is 1. The summed E-state index contributed by atoms with van der Waals surface area (Å²) in [5.74, 6) is -0.482. The summed E-state index contributed by atoms with van der Waals surface area (Å²) in [5.41, 5.74) is 1.98. The van der Waals surface area contributed by atoms with Gasteiger partial charge < -0.3 is 15.3 Å². The number of carboxylic acids is 1. The maximum absolute atomic E-state index is 11.1. The summed E-state index contributed by atoms with van der Waals surface area (Å²) in [7, 11) is 0. The number of ether oxygens (including phenoxy) is 1. The molecular weight excluding hydrogens is 262 g/mol. The van der Waals surface area contributed by atoms with E-state index in [4.69, 9.17) is 9.84 Å². The van der Waals surface area contributed by atoms with Crippen molar-refractivity contribution in [1.82, 2.24) is 0 Å². The number of carbonyl (C=O) groups is 1. The van der Waals surface area contributed by atoms with Crippen molar-refractivity contribution in [2.75, 3.05) is 0 Å². The van der Waals surface area contributed by atoms with E-state index in [-0.39, 0.29) is 22.9 Å². The molecule has 1 aromatic rings. The molecule has 0 aromatic heterocycles. The highest BCUT2D eigenvalue weighted by molar-refractivity contribution is 5.76. The van der Waals surface area contributed by atoms with Gasteiger partial charge in [-0.05, 0) is 26.3 Å². The normalized spacial score (nSPS) is 25.1. The Morgan fingerprint density at radius 3 is 2.70 bits per heavy atom. The fraction of sp³-hybridized carbons (Fsp3) is 0.500. The Morgan fingerprint density at radius 2 is 2.15 bits per heavy atom. The predicted octanol–water partition coefficient (Wildman–Crippen LogP) is 0.890. The van der Waals surface area contributed by atoms with Gasteiger partial charge in [0.1, 0.15) is 11.4 Å². The minimum absolute atomic E-state index is 0. The number of nitrogens with one attached hydrogen (secondary N) is 1. The first-order valence-electron chi connectivity index (χ1n) is 6.38. The van der Waals surface area contributed by atoms with E-state index < -0.39 is 5.97 Å². The topological polar surface area (TPSA) is 108 Å². The quantitative estimate of drug-likeness (QED) is 0.854. The van der Waals surface area contributed by atoms with Gasteiger partial charge in [-0.1, -0.05) is 0 Å². The van der Waals surface area contributed by atoms with Crippen LogP contribution in [0.4, 0.5) is 5.69 Å². The molecule has 0 spiro atoms. The molecule has 1 aromatic carbocycles. The van der Waals surface area contributed by atoms with Crippen LogP contribution in [0.15, 0.2) is 12.1 Å². The molecule has 1 saturated carbocycles. The number of carboxylic acid groups (broad SMARTS) is 1. The lowest BCUT2D eigenvalue weighted by atomic mass is 9.98. The highest BCUT2D eigenvalue weighted by Gasteiger charge is 2.47. The molecule has 0 bridgehead atoms. The van der Waals surface area contributed by atoms with Crippen molar-refractivity contribution in [1.29, 1.82) is 0 Å². The summed E-state index contributed by atoms with van der Waals surface area (Å²) < 4.78 is 5.83. The summed E-state index contributed by atoms with van der Waals surface area (Å²) in [4.78, 5) is 22.0. The molecule has 1 fully saturated rings. The smallest absolute Gasteiger partial charge is 0.307 e. The van der Waals surface area contributed by atoms with Crippen LogP contribution in [-0.4, -0.2) is 22.2 Å². The van der Waals surface area contributed by atoms with Gasteiger partial charge in [0.2, 0.25) is 0 Å². The van der Waals surface area contributed by atoms with Crippen LogP contribution in [0.1, 0.15) is 37.3 Å². The Balaban J connectivity index is 0.00000147. The van der Waals surface area contributed by atoms with E-state index in [1.165, 1.54) is 0 Å². The van der Waals surface area contributed by atoms with Gasteiger partial charge in [0.05, 0.1) is 5.92 Å². The van der Waals surface area contributed by atoms with Gasteiger partial charge in [-0.2, -0.15) is 0 Å². The maximum atomic E-state index is 11.1. The molecule has 3 N–H and O–H groups in total. The number of hydrogen-bond donors (Lipinski definition) is 2. The maximum Gasteiger partial charge on any atom is 0.307 e. The van der Waals surface area contributed by atoms with Crippen molar-refractivity contribution in [3.63, 3.8) is 0 Å². The number of fused-ring (bicyclic) bond motifs is 1. The molecule has 1 aliphatic carbocycles. The predicted molar refractivity (Wildman–Crippen MR) is 69.3 cm³/mol. The van der Waals surface area contributed by atoms with Crippen molar-refractivity contribution in [2.45, 2.75) is 38.2 Å². The summed E-state index contributed by atoms with van der Waals surface area (Å²) in [6.45, 7) is 3.99. The third-order valence-corrected chi connectivity index (χ3v) is 3.85. The average Bonchev–Trinajstić information content (AvgIpc) is 3.04. The zero-order valence-corrected chi connectivity index (χ0v) is 11.3. The summed E-state index contributed by atoms with van der Waals surface area (Å²) in [5, 5.41) is 10.9. The molecule has 6 heteroatoms. The molecule has 0 radical (unpaired) electrons. The van der Waals surface area contributed by atoms with Crippen LogP contribution >= 0.6 is 0 Å². The number of hydrogen-bond acceptors (Lipinski definition) is 4. The van der Waals surface area contributed by atoms with Crippen LogP contribution in [0.5, 0.6) is 5.75 Å². The number of nitroso groups, excluding NO2 is 1. The van der Waals surface area contributed by atoms with E-state index in [2.05, 4.69) is 0 Å². The zero-order chi connectivity index (χ0) is 13.8. The highest BCUT2D eigenvalue weighted by Crippen LogP contribution is 2.51. The molecule has 6 nitrogen and oxygen atoms in total. The zero-order valence-electron chi connectivity index (χ0n) is 11.3. The van der Waals surface area contributed by atoms with Crippen LogP contribution in [0.25, 0.3) is 0 Å². The first-order valence-corrected chi connectivity index (χ1v) is 6.38. The second kappa shape index (κ2) is 4.56. The van der Waals surface area contributed by atoms with E-state index >= 15 is 0 Å². The summed E-state index contributed by atoms with van der Waals surface area (Å²) in [6.07, 6.45) is 1.34. The van der Waals surface area contributed by atoms with Crippen molar-refractivity contribution in [3.05, 3.63) is 28.2 Å². The first kappa shape index (κ1) is 14.5. The van der Waals surface area contributed by atoms with Gasteiger partial charge in [-0.3, -0.25) is 4.79 Å². The van der Waals surface area contributed by atoms with Crippen LogP contribution in [-0.2, 0) is 11.2 Å². The molecular formula is C14H17NO5. The fourth-order valence-corrected chi connectivity index (χ4v) is 2.87. The Hall–Kier alpha value is -1.95. The lowest BCUT2D eigenvalue weighted by Gasteiger charge is -2.16. The molecule has 108 valence electrons. The second-order valence-corrected chi connectivity index (χ2v) is 5.97. The fourth-order valence-electron chi connectivity index (χ4n) is 2.87. The van der Waals surface area contributed by atoms with E-state index in [0.717, 1.165) is 23.3 Å². The molecule has 20 heavy (non-hydrogen) atoms. The van der Waals surface area contributed by atoms with Crippen LogP contribution in [0.3, 0.4) is 0 Å². The Morgan fingerprint density at radius 1 is 1.45 bits per heavy atom. The molecule has 2 atom stereocenters. The van der Waals surface area contributed by atoms with E-state index in [9.17, 15) is 9.70 Å². The van der Waals surface area contributed by atoms with Gasteiger partial charge >= 0.3 is 5.97 Å². The third-order valence-electron chi connectivity index (χ3n) is 3.85. The van der Waals surface area contributed by atoms with Crippen molar-refractivity contribution < 1.29 is 25.3 Å². The van der Waals surface area contributed by atoms with Crippen LogP contribution in [0.2, 0.25) is 0 Å². The Bertz CT molecular complexity index is 581. The van der Waals surface area contributed by atoms with Crippen molar-refractivity contribution >= 4 is 11.7 Å². The molecule has 1 aliphatic heterocycles. The Labute approximate surface area is 116 Å². The second-order valence-electron chi connectivity index (χ2n) is 5.97. The lowest BCUT2D eigenvalue weighted by Crippen LogP contribution is -2.56. The summed E-state index contributed by atoms with van der Waals surface area (Å²) >= 11 is 0. The highest BCUT2D eigenvalue weighted by atomic mass is 16.5. The van der Waals surface area contributed by atoms with Crippen molar-refractivity contribution in [3.8, 4) is 5.75 Å². The third kappa shape index (κ3) is 2.27. The van der Waals surface area contributed by atoms with E-state index in [1.807, 2.05) is 25.1 Å². The lowest BCUT2D eigenvalue weighted by molar-refractivity contribution is -0.380. The van der Waals surface area contributed by atoms with Gasteiger partial charge in [0, 0.05) is 39.6 Å². The van der Waals surface area contributed by atoms with Gasteiger partial charge in [-0.25, -0.2) is 0 Å². The van der Waals surface area contributed by atoms with Crippen molar-refractivity contribution in [2.24, 2.45) is 5.92 Å². The summed E-state index contributed by atoms with van der Waals surface area (Å²) in [6, 6.07) is 3.63. The minimum Gasteiger partial charge on any atom is -0.870 e. The molecule has 2 aliphatic rings. The number of aliphatic carboxylic acids is 1. The van der Waals surface area contributed by atoms with Crippen LogP contribution in [0, 0.1) is 10.8 Å². The largest absolute Gasteiger partial charge is 0.870 e. The standard InChI is InChI=1S/C14H15NO4.H2O/c1-14(2)6-7-3-11(15-18)9(5-12(7)19-14)8-4-10(8)13(16)17;/h3,5,8,10H,4,6H2,1-2H3,(H,16,17);1H2/t8-,10+;/m0./s1. The van der Waals surface area contributed by atoms with E-state index in [0.29, 0.717) is 12.1 Å². The van der Waals surface area contributed by atoms with Gasteiger partial charge in [0.15, 0.2) is 0 Å². The minimum atomic E-state index is -0.802. The van der Waals surface area contributed by atoms with E-state index in [1.54, 1.807) is 6.07 Å². The SMILES string of the molecule is CC1(C)Cc2cc([NH+]=O)c([C@@H]3C[C@H]3C(=O)O)cc2O1.[OH-]. The average molecular weight is 279 g/mol.